The van der Waals surface area contributed by atoms with E-state index in [-0.39, 0.29) is 20.4 Å². The molecule has 26 heavy (non-hydrogen) atoms. The van der Waals surface area contributed by atoms with Gasteiger partial charge in [0.2, 0.25) is 5.56 Å². The molecule has 1 heterocycles. The second-order valence-electron chi connectivity index (χ2n) is 4.92. The first-order chi connectivity index (χ1) is 11.8. The zero-order chi connectivity index (χ0) is 19.9. The van der Waals surface area contributed by atoms with E-state index in [0.717, 1.165) is 34.2 Å². The number of nitrogens with zero attached hydrogens (tertiary/aromatic N) is 1. The molecule has 0 radical (unpaired) electrons. The van der Waals surface area contributed by atoms with Crippen LogP contribution < -0.4 is 9.64 Å². The molecule has 0 aliphatic carbocycles. The van der Waals surface area contributed by atoms with Crippen molar-refractivity contribution in [3.63, 3.8) is 0 Å². The lowest BCUT2D eigenvalue weighted by atomic mass is 10.2. The van der Waals surface area contributed by atoms with Gasteiger partial charge in [-0.25, -0.2) is 0 Å². The third-order valence-corrected chi connectivity index (χ3v) is 4.93. The quantitative estimate of drug-likeness (QED) is 0.313. The zero-order valence-electron chi connectivity index (χ0n) is 12.7. The van der Waals surface area contributed by atoms with Crippen molar-refractivity contribution in [3.05, 3.63) is 44.5 Å². The molecule has 0 N–H and O–H groups in total. The lowest BCUT2D eigenvalue weighted by molar-refractivity contribution is -0.274. The van der Waals surface area contributed by atoms with E-state index in [2.05, 4.69) is 43.2 Å². The van der Waals surface area contributed by atoms with Crippen molar-refractivity contribution in [2.75, 3.05) is 4.90 Å². The van der Waals surface area contributed by atoms with Gasteiger partial charge in [0.15, 0.2) is 0 Å². The molecule has 1 aromatic carbocycles. The van der Waals surface area contributed by atoms with Crippen LogP contribution in [0.2, 0.25) is 0 Å². The van der Waals surface area contributed by atoms with Gasteiger partial charge in [-0.1, -0.05) is 18.3 Å². The maximum Gasteiger partial charge on any atom is 0.573 e. The van der Waals surface area contributed by atoms with Crippen LogP contribution in [0, 0.1) is 0 Å². The molecule has 1 aliphatic rings. The molecule has 0 amide bonds. The molecule has 1 unspecified atom stereocenters. The molecule has 0 fully saturated rings. The van der Waals surface area contributed by atoms with Gasteiger partial charge >= 0.3 is 12.5 Å². The standard InChI is InChI=1S/C14H9Br2F6NO2S/c1-6(2)24-12-23(10(5-26-12)13(17,18)19)11-8(15)3-7(4-9(11)16)25-14(20,21)22/h3-5,12H,1H2,2H3. The molecule has 2 rings (SSSR count). The molecule has 3 nitrogen and oxygen atoms in total. The Balaban J connectivity index is 2.50. The summed E-state index contributed by atoms with van der Waals surface area (Å²) in [4.78, 5) is 0.810. The fourth-order valence-corrected chi connectivity index (χ4v) is 4.58. The summed E-state index contributed by atoms with van der Waals surface area (Å²) in [6.07, 6.45) is -9.65. The van der Waals surface area contributed by atoms with Gasteiger partial charge in [-0.15, -0.1) is 13.2 Å². The SMILES string of the molecule is C=C(C)OC1SC=C(C(F)(F)F)N1c1c(Br)cc(OC(F)(F)F)cc1Br. The maximum atomic E-state index is 13.4. The minimum atomic E-state index is -4.94. The highest BCUT2D eigenvalue weighted by Crippen LogP contribution is 2.49. The normalized spacial score (nSPS) is 18.0. The Kier molecular flexibility index (Phi) is 6.18. The van der Waals surface area contributed by atoms with E-state index in [1.165, 1.54) is 6.92 Å². The summed E-state index contributed by atoms with van der Waals surface area (Å²) in [7, 11) is 0. The van der Waals surface area contributed by atoms with Crippen LogP contribution in [0.5, 0.6) is 5.75 Å². The number of anilines is 1. The zero-order valence-corrected chi connectivity index (χ0v) is 16.7. The van der Waals surface area contributed by atoms with Crippen LogP contribution in [0.3, 0.4) is 0 Å². The van der Waals surface area contributed by atoms with Crippen LogP contribution in [0.25, 0.3) is 0 Å². The number of thioether (sulfide) groups is 1. The molecule has 0 bridgehead atoms. The van der Waals surface area contributed by atoms with E-state index in [1.54, 1.807) is 0 Å². The first kappa shape index (κ1) is 21.3. The lowest BCUT2D eigenvalue weighted by Gasteiger charge is -2.31. The summed E-state index contributed by atoms with van der Waals surface area (Å²) < 4.78 is 86.2. The van der Waals surface area contributed by atoms with Gasteiger partial charge in [-0.05, 0) is 50.9 Å². The van der Waals surface area contributed by atoms with E-state index >= 15 is 0 Å². The molecule has 144 valence electrons. The molecule has 0 aromatic heterocycles. The summed E-state index contributed by atoms with van der Waals surface area (Å²) in [6.45, 7) is 4.97. The molecular formula is C14H9Br2F6NO2S. The third-order valence-electron chi connectivity index (χ3n) is 2.82. The Labute approximate surface area is 165 Å². The van der Waals surface area contributed by atoms with Crippen molar-refractivity contribution in [2.45, 2.75) is 25.0 Å². The molecule has 1 atom stereocenters. The van der Waals surface area contributed by atoms with Crippen molar-refractivity contribution in [3.8, 4) is 5.75 Å². The van der Waals surface area contributed by atoms with E-state index in [9.17, 15) is 26.3 Å². The molecule has 1 aromatic rings. The summed E-state index contributed by atoms with van der Waals surface area (Å²) in [6, 6.07) is 1.84. The fraction of sp³-hybridized carbons (Fsp3) is 0.286. The molecule has 1 aliphatic heterocycles. The number of alkyl halides is 6. The average Bonchev–Trinajstić information content (AvgIpc) is 2.78. The van der Waals surface area contributed by atoms with Gasteiger partial charge in [0.25, 0.3) is 0 Å². The average molecular weight is 529 g/mol. The van der Waals surface area contributed by atoms with Crippen LogP contribution >= 0.6 is 43.6 Å². The van der Waals surface area contributed by atoms with Crippen LogP contribution in [0.4, 0.5) is 32.0 Å². The topological polar surface area (TPSA) is 21.7 Å². The van der Waals surface area contributed by atoms with E-state index in [4.69, 9.17) is 4.74 Å². The number of hydrogen-bond donors (Lipinski definition) is 0. The Morgan fingerprint density at radius 3 is 2.12 bits per heavy atom. The van der Waals surface area contributed by atoms with Gasteiger partial charge in [-0.2, -0.15) is 13.2 Å². The fourth-order valence-electron chi connectivity index (χ4n) is 2.00. The van der Waals surface area contributed by atoms with Crippen LogP contribution in [0.15, 0.2) is 44.5 Å². The Morgan fingerprint density at radius 1 is 1.15 bits per heavy atom. The number of benzene rings is 1. The first-order valence-electron chi connectivity index (χ1n) is 6.58. The van der Waals surface area contributed by atoms with E-state index in [1.807, 2.05) is 0 Å². The predicted octanol–water partition coefficient (Wildman–Crippen LogP) is 6.90. The first-order valence-corrected chi connectivity index (χ1v) is 9.11. The van der Waals surface area contributed by atoms with Gasteiger partial charge in [0.05, 0.1) is 11.4 Å². The largest absolute Gasteiger partial charge is 0.573 e. The highest BCUT2D eigenvalue weighted by atomic mass is 79.9. The Hall–Kier alpha value is -1.01. The van der Waals surface area contributed by atoms with Crippen LogP contribution in [-0.2, 0) is 4.74 Å². The number of ether oxygens (including phenoxy) is 2. The smallest absolute Gasteiger partial charge is 0.466 e. The van der Waals surface area contributed by atoms with Crippen molar-refractivity contribution in [1.29, 1.82) is 0 Å². The summed E-state index contributed by atoms with van der Waals surface area (Å²) in [5, 5.41) is 0.868. The number of halogens is 8. The van der Waals surface area contributed by atoms with Crippen molar-refractivity contribution >= 4 is 49.3 Å². The van der Waals surface area contributed by atoms with Crippen molar-refractivity contribution in [1.82, 2.24) is 0 Å². The minimum absolute atomic E-state index is 0.0564. The molecule has 0 saturated heterocycles. The van der Waals surface area contributed by atoms with Gasteiger partial charge in [-0.3, -0.25) is 4.90 Å². The van der Waals surface area contributed by atoms with Gasteiger partial charge in [0.1, 0.15) is 11.4 Å². The van der Waals surface area contributed by atoms with Crippen molar-refractivity contribution in [2.24, 2.45) is 0 Å². The molecular weight excluding hydrogens is 520 g/mol. The second kappa shape index (κ2) is 7.55. The van der Waals surface area contributed by atoms with Gasteiger partial charge in [0, 0.05) is 14.4 Å². The Bertz CT molecular complexity index is 727. The van der Waals surface area contributed by atoms with E-state index < -0.39 is 29.5 Å². The third kappa shape index (κ3) is 5.03. The Morgan fingerprint density at radius 2 is 1.69 bits per heavy atom. The van der Waals surface area contributed by atoms with Crippen LogP contribution in [0.1, 0.15) is 6.92 Å². The lowest BCUT2D eigenvalue weighted by Crippen LogP contribution is -2.36. The molecule has 0 saturated carbocycles. The predicted molar refractivity (Wildman–Crippen MR) is 92.4 cm³/mol. The monoisotopic (exact) mass is 527 g/mol. The highest BCUT2D eigenvalue weighted by molar-refractivity contribution is 9.11. The van der Waals surface area contributed by atoms with E-state index in [0.29, 0.717) is 0 Å². The highest BCUT2D eigenvalue weighted by Gasteiger charge is 2.46. The number of allylic oxidation sites excluding steroid dienone is 2. The maximum absolute atomic E-state index is 13.4. The second-order valence-corrected chi connectivity index (χ2v) is 7.54. The van der Waals surface area contributed by atoms with Crippen LogP contribution in [-0.4, -0.2) is 18.1 Å². The number of hydrogen-bond acceptors (Lipinski definition) is 4. The molecule has 0 spiro atoms. The minimum Gasteiger partial charge on any atom is -0.466 e. The summed E-state index contributed by atoms with van der Waals surface area (Å²) in [5.41, 5.74) is -2.23. The molecule has 12 heteroatoms. The van der Waals surface area contributed by atoms with Crippen molar-refractivity contribution < 1.29 is 35.8 Å². The van der Waals surface area contributed by atoms with Gasteiger partial charge < -0.3 is 9.47 Å². The summed E-state index contributed by atoms with van der Waals surface area (Å²) >= 11 is 6.75. The summed E-state index contributed by atoms with van der Waals surface area (Å²) in [5.74, 6) is -0.421. The number of rotatable bonds is 4.